The van der Waals surface area contributed by atoms with Crippen molar-refractivity contribution in [2.45, 2.75) is 70.9 Å². The van der Waals surface area contributed by atoms with E-state index in [1.807, 2.05) is 13.8 Å². The molecule has 1 aromatic heterocycles. The molecular formula is C19H33N6O2+. The van der Waals surface area contributed by atoms with Gasteiger partial charge in [0.25, 0.3) is 0 Å². The van der Waals surface area contributed by atoms with Gasteiger partial charge in [0.05, 0.1) is 13.2 Å². The summed E-state index contributed by atoms with van der Waals surface area (Å²) in [6.45, 7) is 7.00. The van der Waals surface area contributed by atoms with Crippen LogP contribution in [0.4, 0.5) is 17.5 Å². The number of hydrogen-bond donors (Lipinski definition) is 2. The highest BCUT2D eigenvalue weighted by molar-refractivity contribution is 5.57. The van der Waals surface area contributed by atoms with Crippen LogP contribution in [0.2, 0.25) is 0 Å². The molecule has 1 aromatic rings. The molecule has 2 N–H and O–H groups in total. The first kappa shape index (κ1) is 19.9. The van der Waals surface area contributed by atoms with E-state index in [4.69, 9.17) is 4.74 Å². The SMILES string of the molecule is CC.O=[N+](c1cnc(NN2CCOCC2)nc1NC1CCCCC1)C1CC1. The summed E-state index contributed by atoms with van der Waals surface area (Å²) in [7, 11) is 0. The first-order valence-electron chi connectivity index (χ1n) is 10.5. The Morgan fingerprint density at radius 2 is 1.81 bits per heavy atom. The Balaban J connectivity index is 0.00000102. The Kier molecular flexibility index (Phi) is 7.34. The van der Waals surface area contributed by atoms with E-state index in [0.29, 0.717) is 36.7 Å². The molecule has 4 rings (SSSR count). The highest BCUT2D eigenvalue weighted by Crippen LogP contribution is 2.34. The minimum absolute atomic E-state index is 0.0913. The quantitative estimate of drug-likeness (QED) is 0.734. The number of nitroso groups, excluding NO2 is 1. The molecule has 2 saturated carbocycles. The van der Waals surface area contributed by atoms with Crippen LogP contribution in [-0.4, -0.2) is 58.1 Å². The monoisotopic (exact) mass is 377 g/mol. The van der Waals surface area contributed by atoms with Crippen molar-refractivity contribution in [3.8, 4) is 0 Å². The van der Waals surface area contributed by atoms with Crippen molar-refractivity contribution in [1.29, 1.82) is 0 Å². The highest BCUT2D eigenvalue weighted by Gasteiger charge is 2.41. The summed E-state index contributed by atoms with van der Waals surface area (Å²) >= 11 is 0. The van der Waals surface area contributed by atoms with E-state index >= 15 is 0 Å². The number of hydrogen-bond acceptors (Lipinski definition) is 7. The number of nitrogens with zero attached hydrogens (tertiary/aromatic N) is 4. The van der Waals surface area contributed by atoms with Gasteiger partial charge >= 0.3 is 5.69 Å². The van der Waals surface area contributed by atoms with Crippen LogP contribution in [0.25, 0.3) is 0 Å². The third-order valence-electron chi connectivity index (χ3n) is 5.10. The van der Waals surface area contributed by atoms with Gasteiger partial charge in [-0.05, 0) is 12.8 Å². The maximum atomic E-state index is 12.5. The lowest BCUT2D eigenvalue weighted by Gasteiger charge is -2.27. The number of anilines is 2. The van der Waals surface area contributed by atoms with Crippen LogP contribution in [0.3, 0.4) is 0 Å². The summed E-state index contributed by atoms with van der Waals surface area (Å²) in [5, 5.41) is 5.57. The molecule has 0 radical (unpaired) electrons. The van der Waals surface area contributed by atoms with Gasteiger partial charge in [-0.3, -0.25) is 5.43 Å². The molecule has 0 spiro atoms. The van der Waals surface area contributed by atoms with Gasteiger partial charge in [0, 0.05) is 41.6 Å². The van der Waals surface area contributed by atoms with E-state index in [9.17, 15) is 4.91 Å². The van der Waals surface area contributed by atoms with Crippen molar-refractivity contribution in [1.82, 2.24) is 15.0 Å². The van der Waals surface area contributed by atoms with Crippen molar-refractivity contribution < 1.29 is 9.50 Å². The normalized spacial score (nSPS) is 21.1. The lowest BCUT2D eigenvalue weighted by molar-refractivity contribution is -0.477. The van der Waals surface area contributed by atoms with Gasteiger partial charge in [-0.1, -0.05) is 33.1 Å². The second kappa shape index (κ2) is 9.94. The standard InChI is InChI=1S/C17H27N6O2.C2H6/c24-23(14-6-7-14)15-12-18-17(21-22-8-10-25-11-9-22)20-16(15)19-13-4-2-1-3-5-13;1-2/h12-14H,1-11H2,(H2,18,19,20,21);1-2H3/q+1;. The second-order valence-electron chi connectivity index (χ2n) is 7.17. The predicted molar refractivity (Wildman–Crippen MR) is 106 cm³/mol. The van der Waals surface area contributed by atoms with Crippen LogP contribution < -0.4 is 10.7 Å². The maximum Gasteiger partial charge on any atom is 0.316 e. The van der Waals surface area contributed by atoms with E-state index in [0.717, 1.165) is 43.5 Å². The fourth-order valence-electron chi connectivity index (χ4n) is 3.46. The minimum Gasteiger partial charge on any atom is -0.379 e. The van der Waals surface area contributed by atoms with Crippen molar-refractivity contribution in [2.75, 3.05) is 37.0 Å². The van der Waals surface area contributed by atoms with Gasteiger partial charge in [-0.2, -0.15) is 4.98 Å². The number of ether oxygens (including phenoxy) is 1. The molecular weight excluding hydrogens is 344 g/mol. The third kappa shape index (κ3) is 5.59. The van der Waals surface area contributed by atoms with Gasteiger partial charge in [-0.25, -0.2) is 9.99 Å². The predicted octanol–water partition coefficient (Wildman–Crippen LogP) is 3.48. The summed E-state index contributed by atoms with van der Waals surface area (Å²) in [4.78, 5) is 21.5. The topological polar surface area (TPSA) is 82.4 Å². The van der Waals surface area contributed by atoms with Crippen molar-refractivity contribution >= 4 is 17.5 Å². The van der Waals surface area contributed by atoms with Crippen LogP contribution in [0.15, 0.2) is 6.20 Å². The Labute approximate surface area is 161 Å². The van der Waals surface area contributed by atoms with E-state index in [1.165, 1.54) is 19.3 Å². The lowest BCUT2D eigenvalue weighted by Crippen LogP contribution is -2.40. The van der Waals surface area contributed by atoms with Crippen molar-refractivity contribution in [2.24, 2.45) is 0 Å². The molecule has 8 heteroatoms. The van der Waals surface area contributed by atoms with Crippen molar-refractivity contribution in [3.63, 3.8) is 0 Å². The van der Waals surface area contributed by atoms with E-state index < -0.39 is 0 Å². The van der Waals surface area contributed by atoms with Gasteiger partial charge < -0.3 is 10.1 Å². The fourth-order valence-corrected chi connectivity index (χ4v) is 3.46. The van der Waals surface area contributed by atoms with Gasteiger partial charge in [-0.15, -0.1) is 0 Å². The molecule has 1 aliphatic heterocycles. The Hall–Kier alpha value is -1.80. The summed E-state index contributed by atoms with van der Waals surface area (Å²) in [6.07, 6.45) is 9.62. The third-order valence-corrected chi connectivity index (χ3v) is 5.10. The number of nitrogens with one attached hydrogen (secondary N) is 2. The highest BCUT2D eigenvalue weighted by atomic mass is 16.5. The van der Waals surface area contributed by atoms with Crippen LogP contribution in [0, 0.1) is 4.91 Å². The molecule has 2 heterocycles. The average Bonchev–Trinajstić information content (AvgIpc) is 3.56. The average molecular weight is 378 g/mol. The zero-order valence-electron chi connectivity index (χ0n) is 16.6. The molecule has 3 aliphatic rings. The van der Waals surface area contributed by atoms with E-state index in [1.54, 1.807) is 6.20 Å². The number of hydrazine groups is 1. The van der Waals surface area contributed by atoms with E-state index in [-0.39, 0.29) is 6.04 Å². The van der Waals surface area contributed by atoms with Crippen LogP contribution in [-0.2, 0) is 4.74 Å². The van der Waals surface area contributed by atoms with Gasteiger partial charge in [0.15, 0.2) is 0 Å². The first-order chi connectivity index (χ1) is 13.3. The summed E-state index contributed by atoms with van der Waals surface area (Å²) in [5.74, 6) is 1.20. The molecule has 0 amide bonds. The first-order valence-corrected chi connectivity index (χ1v) is 10.5. The zero-order chi connectivity index (χ0) is 19.1. The zero-order valence-corrected chi connectivity index (χ0v) is 16.6. The number of morpholine rings is 1. The Bertz CT molecular complexity index is 610. The molecule has 27 heavy (non-hydrogen) atoms. The summed E-state index contributed by atoms with van der Waals surface area (Å²) in [6, 6.07) is 0.486. The smallest absolute Gasteiger partial charge is 0.316 e. The lowest BCUT2D eigenvalue weighted by atomic mass is 9.95. The van der Waals surface area contributed by atoms with E-state index in [2.05, 4.69) is 25.7 Å². The molecule has 3 fully saturated rings. The molecule has 0 aromatic carbocycles. The van der Waals surface area contributed by atoms with Gasteiger partial charge in [0.1, 0.15) is 6.20 Å². The molecule has 0 unspecified atom stereocenters. The molecule has 0 atom stereocenters. The van der Waals surface area contributed by atoms with Crippen LogP contribution in [0.5, 0.6) is 0 Å². The summed E-state index contributed by atoms with van der Waals surface area (Å²) in [5.41, 5.74) is 3.81. The van der Waals surface area contributed by atoms with Crippen LogP contribution in [0.1, 0.15) is 58.8 Å². The molecule has 0 bridgehead atoms. The fraction of sp³-hybridized carbons (Fsp3) is 0.789. The number of aromatic nitrogens is 2. The Morgan fingerprint density at radius 3 is 2.48 bits per heavy atom. The van der Waals surface area contributed by atoms with Crippen molar-refractivity contribution in [3.05, 3.63) is 11.1 Å². The van der Waals surface area contributed by atoms with Crippen LogP contribution >= 0.6 is 0 Å². The minimum atomic E-state index is 0.0913. The Morgan fingerprint density at radius 1 is 1.11 bits per heavy atom. The largest absolute Gasteiger partial charge is 0.379 e. The molecule has 2 aliphatic carbocycles. The second-order valence-corrected chi connectivity index (χ2v) is 7.17. The molecule has 8 nitrogen and oxygen atoms in total. The molecule has 150 valence electrons. The summed E-state index contributed by atoms with van der Waals surface area (Å²) < 4.78 is 6.45. The number of rotatable bonds is 6. The molecule has 1 saturated heterocycles. The maximum absolute atomic E-state index is 12.5. The van der Waals surface area contributed by atoms with Gasteiger partial charge in [0.2, 0.25) is 17.8 Å².